The molecule has 0 bridgehead atoms. The van der Waals surface area contributed by atoms with Crippen LogP contribution >= 0.6 is 0 Å². The Morgan fingerprint density at radius 1 is 1.50 bits per heavy atom. The van der Waals surface area contributed by atoms with Gasteiger partial charge >= 0.3 is 0 Å². The van der Waals surface area contributed by atoms with Crippen LogP contribution in [0.3, 0.4) is 0 Å². The highest BCUT2D eigenvalue weighted by molar-refractivity contribution is 5.64. The van der Waals surface area contributed by atoms with Gasteiger partial charge in [-0.25, -0.2) is 0 Å². The summed E-state index contributed by atoms with van der Waals surface area (Å²) >= 11 is 0. The molecule has 3 N–H and O–H groups in total. The molecule has 0 saturated heterocycles. The van der Waals surface area contributed by atoms with Crippen LogP contribution in [0.25, 0.3) is 0 Å². The largest absolute Gasteiger partial charge is 0.394 e. The topological polar surface area (TPSA) is 55.9 Å². The second-order valence-electron chi connectivity index (χ2n) is 3.96. The molecular formula is C10H20N4. The summed E-state index contributed by atoms with van der Waals surface area (Å²) in [6, 6.07) is 0. The van der Waals surface area contributed by atoms with Crippen molar-refractivity contribution in [2.24, 2.45) is 13.0 Å². The van der Waals surface area contributed by atoms with E-state index in [-0.39, 0.29) is 0 Å². The van der Waals surface area contributed by atoms with E-state index in [2.05, 4.69) is 31.2 Å². The third-order valence-corrected chi connectivity index (χ3v) is 2.17. The lowest BCUT2D eigenvalue weighted by atomic mass is 10.2. The molecule has 0 aliphatic carbocycles. The van der Waals surface area contributed by atoms with Crippen molar-refractivity contribution in [1.82, 2.24) is 9.78 Å². The summed E-state index contributed by atoms with van der Waals surface area (Å²) < 4.78 is 1.82. The summed E-state index contributed by atoms with van der Waals surface area (Å²) in [7, 11) is 1.91. The van der Waals surface area contributed by atoms with Crippen molar-refractivity contribution in [2.45, 2.75) is 27.2 Å². The van der Waals surface area contributed by atoms with Crippen molar-refractivity contribution in [3.8, 4) is 0 Å². The van der Waals surface area contributed by atoms with Gasteiger partial charge < -0.3 is 11.1 Å². The molecule has 1 rings (SSSR count). The second-order valence-corrected chi connectivity index (χ2v) is 3.96. The summed E-state index contributed by atoms with van der Waals surface area (Å²) in [4.78, 5) is 0. The first-order chi connectivity index (χ1) is 6.56. The van der Waals surface area contributed by atoms with Gasteiger partial charge in [0.1, 0.15) is 5.82 Å². The van der Waals surface area contributed by atoms with E-state index in [1.54, 1.807) is 0 Å². The summed E-state index contributed by atoms with van der Waals surface area (Å²) in [6.07, 6.45) is 0.878. The van der Waals surface area contributed by atoms with Gasteiger partial charge in [0, 0.05) is 13.6 Å². The van der Waals surface area contributed by atoms with E-state index >= 15 is 0 Å². The molecule has 0 fully saturated rings. The van der Waals surface area contributed by atoms with Crippen LogP contribution in [0, 0.1) is 5.92 Å². The minimum absolute atomic E-state index is 0.606. The molecule has 80 valence electrons. The zero-order valence-electron chi connectivity index (χ0n) is 9.46. The Labute approximate surface area is 85.5 Å². The number of nitrogen functional groups attached to an aromatic ring is 1. The fourth-order valence-corrected chi connectivity index (χ4v) is 1.37. The summed E-state index contributed by atoms with van der Waals surface area (Å²) in [5.41, 5.74) is 7.71. The van der Waals surface area contributed by atoms with E-state index in [9.17, 15) is 0 Å². The molecule has 1 heterocycles. The highest BCUT2D eigenvalue weighted by Gasteiger charge is 2.11. The Morgan fingerprint density at radius 2 is 2.14 bits per heavy atom. The van der Waals surface area contributed by atoms with Crippen molar-refractivity contribution >= 4 is 11.5 Å². The molecular weight excluding hydrogens is 176 g/mol. The van der Waals surface area contributed by atoms with E-state index < -0.39 is 0 Å². The first-order valence-corrected chi connectivity index (χ1v) is 5.11. The van der Waals surface area contributed by atoms with Crippen molar-refractivity contribution in [1.29, 1.82) is 0 Å². The number of rotatable bonds is 4. The van der Waals surface area contributed by atoms with Crippen LogP contribution in [0.15, 0.2) is 0 Å². The lowest BCUT2D eigenvalue weighted by Crippen LogP contribution is -2.12. The molecule has 1 aromatic heterocycles. The third kappa shape index (κ3) is 2.19. The number of nitrogens with two attached hydrogens (primary N) is 1. The molecule has 0 aliphatic heterocycles. The molecule has 0 aromatic carbocycles. The number of nitrogens with one attached hydrogen (secondary N) is 1. The van der Waals surface area contributed by atoms with E-state index in [4.69, 9.17) is 5.73 Å². The molecule has 0 atom stereocenters. The summed E-state index contributed by atoms with van der Waals surface area (Å²) in [5, 5.41) is 7.65. The quantitative estimate of drug-likeness (QED) is 0.769. The molecule has 0 aliphatic rings. The fourth-order valence-electron chi connectivity index (χ4n) is 1.37. The monoisotopic (exact) mass is 196 g/mol. The normalized spacial score (nSPS) is 10.9. The van der Waals surface area contributed by atoms with Crippen molar-refractivity contribution in [3.05, 3.63) is 5.69 Å². The van der Waals surface area contributed by atoms with Gasteiger partial charge in [-0.15, -0.1) is 0 Å². The first kappa shape index (κ1) is 10.9. The Bertz CT molecular complexity index is 301. The van der Waals surface area contributed by atoms with Gasteiger partial charge in [0.15, 0.2) is 0 Å². The van der Waals surface area contributed by atoms with E-state index in [0.717, 1.165) is 30.2 Å². The van der Waals surface area contributed by atoms with Gasteiger partial charge in [-0.3, -0.25) is 4.68 Å². The van der Waals surface area contributed by atoms with Crippen LogP contribution in [0.4, 0.5) is 11.5 Å². The van der Waals surface area contributed by atoms with Gasteiger partial charge in [-0.2, -0.15) is 5.10 Å². The zero-order chi connectivity index (χ0) is 10.7. The average Bonchev–Trinajstić information content (AvgIpc) is 2.39. The smallest absolute Gasteiger partial charge is 0.147 e. The minimum atomic E-state index is 0.606. The van der Waals surface area contributed by atoms with Crippen molar-refractivity contribution < 1.29 is 0 Å². The van der Waals surface area contributed by atoms with Gasteiger partial charge in [0.2, 0.25) is 0 Å². The number of aromatic nitrogens is 2. The molecule has 4 nitrogen and oxygen atoms in total. The highest BCUT2D eigenvalue weighted by Crippen LogP contribution is 2.22. The van der Waals surface area contributed by atoms with Crippen LogP contribution in [0.1, 0.15) is 26.5 Å². The number of anilines is 2. The Hall–Kier alpha value is -1.19. The number of hydrogen-bond acceptors (Lipinski definition) is 3. The number of nitrogens with zero attached hydrogens (tertiary/aromatic N) is 2. The number of hydrogen-bond donors (Lipinski definition) is 2. The molecule has 14 heavy (non-hydrogen) atoms. The van der Waals surface area contributed by atoms with Crippen LogP contribution in [-0.4, -0.2) is 16.3 Å². The first-order valence-electron chi connectivity index (χ1n) is 5.11. The zero-order valence-corrected chi connectivity index (χ0v) is 9.46. The Balaban J connectivity index is 2.80. The van der Waals surface area contributed by atoms with Gasteiger partial charge in [0.05, 0.1) is 11.4 Å². The van der Waals surface area contributed by atoms with E-state index in [0.29, 0.717) is 5.92 Å². The average molecular weight is 196 g/mol. The van der Waals surface area contributed by atoms with Crippen LogP contribution in [-0.2, 0) is 13.5 Å². The van der Waals surface area contributed by atoms with Crippen molar-refractivity contribution in [3.63, 3.8) is 0 Å². The lowest BCUT2D eigenvalue weighted by molar-refractivity contribution is 0.674. The van der Waals surface area contributed by atoms with E-state index in [1.165, 1.54) is 0 Å². The standard InChI is InChI=1S/C10H20N4/c1-5-8-9(11)10(14(4)13-8)12-6-7(2)3/h7,12H,5-6,11H2,1-4H3. The predicted molar refractivity (Wildman–Crippen MR) is 60.3 cm³/mol. The van der Waals surface area contributed by atoms with Crippen LogP contribution in [0.5, 0.6) is 0 Å². The molecule has 0 saturated carbocycles. The molecule has 0 amide bonds. The second kappa shape index (κ2) is 4.35. The fraction of sp³-hybridized carbons (Fsp3) is 0.700. The van der Waals surface area contributed by atoms with Crippen LogP contribution < -0.4 is 11.1 Å². The van der Waals surface area contributed by atoms with Gasteiger partial charge in [-0.1, -0.05) is 20.8 Å². The number of aryl methyl sites for hydroxylation is 2. The molecule has 0 radical (unpaired) electrons. The van der Waals surface area contributed by atoms with Crippen molar-refractivity contribution in [2.75, 3.05) is 17.6 Å². The molecule has 1 aromatic rings. The lowest BCUT2D eigenvalue weighted by Gasteiger charge is -2.09. The Kier molecular flexibility index (Phi) is 3.38. The van der Waals surface area contributed by atoms with Gasteiger partial charge in [-0.05, 0) is 12.3 Å². The maximum absolute atomic E-state index is 5.96. The predicted octanol–water partition coefficient (Wildman–Crippen LogP) is 1.63. The maximum Gasteiger partial charge on any atom is 0.147 e. The Morgan fingerprint density at radius 3 is 2.57 bits per heavy atom. The molecule has 4 heteroatoms. The van der Waals surface area contributed by atoms with E-state index in [1.807, 2.05) is 11.7 Å². The van der Waals surface area contributed by atoms with Gasteiger partial charge in [0.25, 0.3) is 0 Å². The maximum atomic E-state index is 5.96. The minimum Gasteiger partial charge on any atom is -0.394 e. The summed E-state index contributed by atoms with van der Waals surface area (Å²) in [6.45, 7) is 7.32. The highest BCUT2D eigenvalue weighted by atomic mass is 15.3. The third-order valence-electron chi connectivity index (χ3n) is 2.17. The molecule has 0 unspecified atom stereocenters. The van der Waals surface area contributed by atoms with Crippen LogP contribution in [0.2, 0.25) is 0 Å². The SMILES string of the molecule is CCc1nn(C)c(NCC(C)C)c1N. The summed E-state index contributed by atoms with van der Waals surface area (Å²) in [5.74, 6) is 1.55. The molecule has 0 spiro atoms.